The van der Waals surface area contributed by atoms with E-state index in [0.717, 1.165) is 36.2 Å². The van der Waals surface area contributed by atoms with E-state index >= 15 is 0 Å². The number of carbonyl (C=O) groups excluding carboxylic acids is 1. The lowest BCUT2D eigenvalue weighted by Crippen LogP contribution is -2.10. The fraction of sp³-hybridized carbons (Fsp3) is 0.300. The average Bonchev–Trinajstić information content (AvgIpc) is 3.19. The molecule has 0 radical (unpaired) electrons. The van der Waals surface area contributed by atoms with Crippen LogP contribution in [-0.4, -0.2) is 24.4 Å². The fourth-order valence-electron chi connectivity index (χ4n) is 2.67. The SMILES string of the molecule is N#Cc1ccc(COC(=O)c2ccccc2SC[C@@H]2CCCO2)c(F)c1. The van der Waals surface area contributed by atoms with Gasteiger partial charge in [-0.3, -0.25) is 0 Å². The number of thioether (sulfide) groups is 1. The van der Waals surface area contributed by atoms with Gasteiger partial charge in [-0.15, -0.1) is 11.8 Å². The van der Waals surface area contributed by atoms with E-state index in [1.807, 2.05) is 18.2 Å². The fourth-order valence-corrected chi connectivity index (χ4v) is 3.78. The van der Waals surface area contributed by atoms with Crippen molar-refractivity contribution in [2.45, 2.75) is 30.4 Å². The van der Waals surface area contributed by atoms with Crippen molar-refractivity contribution in [3.05, 3.63) is 65.0 Å². The first-order valence-corrected chi connectivity index (χ1v) is 9.35. The van der Waals surface area contributed by atoms with Crippen molar-refractivity contribution in [1.82, 2.24) is 0 Å². The Balaban J connectivity index is 1.63. The number of esters is 1. The smallest absolute Gasteiger partial charge is 0.339 e. The lowest BCUT2D eigenvalue weighted by Gasteiger charge is -2.12. The van der Waals surface area contributed by atoms with Gasteiger partial charge < -0.3 is 9.47 Å². The maximum absolute atomic E-state index is 13.9. The third-order valence-electron chi connectivity index (χ3n) is 4.10. The van der Waals surface area contributed by atoms with Crippen LogP contribution in [0.4, 0.5) is 4.39 Å². The maximum atomic E-state index is 13.9. The van der Waals surface area contributed by atoms with Gasteiger partial charge in [-0.25, -0.2) is 9.18 Å². The van der Waals surface area contributed by atoms with Gasteiger partial charge in [0.1, 0.15) is 12.4 Å². The van der Waals surface area contributed by atoms with Gasteiger partial charge in [0.25, 0.3) is 0 Å². The summed E-state index contributed by atoms with van der Waals surface area (Å²) in [5, 5.41) is 8.77. The van der Waals surface area contributed by atoms with Crippen molar-refractivity contribution in [2.75, 3.05) is 12.4 Å². The quantitative estimate of drug-likeness (QED) is 0.559. The third-order valence-corrected chi connectivity index (χ3v) is 5.30. The number of ether oxygens (including phenoxy) is 2. The lowest BCUT2D eigenvalue weighted by atomic mass is 10.1. The summed E-state index contributed by atoms with van der Waals surface area (Å²) in [5.41, 5.74) is 0.930. The van der Waals surface area contributed by atoms with E-state index in [4.69, 9.17) is 14.7 Å². The molecule has 4 nitrogen and oxygen atoms in total. The molecule has 1 atom stereocenters. The molecule has 1 aliphatic rings. The van der Waals surface area contributed by atoms with Crippen LogP contribution in [0.15, 0.2) is 47.4 Å². The molecule has 0 amide bonds. The number of hydrogen-bond acceptors (Lipinski definition) is 5. The first-order valence-electron chi connectivity index (χ1n) is 8.36. The van der Waals surface area contributed by atoms with Crippen LogP contribution in [0.1, 0.15) is 34.3 Å². The van der Waals surface area contributed by atoms with Gasteiger partial charge >= 0.3 is 5.97 Å². The van der Waals surface area contributed by atoms with E-state index < -0.39 is 11.8 Å². The van der Waals surface area contributed by atoms with E-state index in [-0.39, 0.29) is 23.8 Å². The highest BCUT2D eigenvalue weighted by Crippen LogP contribution is 2.27. The van der Waals surface area contributed by atoms with Crippen LogP contribution in [0.5, 0.6) is 0 Å². The van der Waals surface area contributed by atoms with Crippen molar-refractivity contribution in [2.24, 2.45) is 0 Å². The second-order valence-electron chi connectivity index (χ2n) is 5.94. The Hall–Kier alpha value is -2.36. The molecule has 6 heteroatoms. The number of halogens is 1. The van der Waals surface area contributed by atoms with Gasteiger partial charge in [0.2, 0.25) is 0 Å². The second-order valence-corrected chi connectivity index (χ2v) is 7.00. The molecule has 1 fully saturated rings. The van der Waals surface area contributed by atoms with Gasteiger partial charge in [0.05, 0.1) is 23.3 Å². The molecule has 134 valence electrons. The normalized spacial score (nSPS) is 16.2. The number of benzene rings is 2. The Morgan fingerprint density at radius 1 is 1.35 bits per heavy atom. The van der Waals surface area contributed by atoms with E-state index in [2.05, 4.69) is 0 Å². The highest BCUT2D eigenvalue weighted by atomic mass is 32.2. The molecule has 1 heterocycles. The van der Waals surface area contributed by atoms with Crippen LogP contribution in [0.25, 0.3) is 0 Å². The van der Waals surface area contributed by atoms with Crippen molar-refractivity contribution >= 4 is 17.7 Å². The summed E-state index contributed by atoms with van der Waals surface area (Å²) in [4.78, 5) is 13.3. The number of carbonyl (C=O) groups is 1. The molecule has 0 aromatic heterocycles. The third kappa shape index (κ3) is 4.63. The highest BCUT2D eigenvalue weighted by Gasteiger charge is 2.18. The Bertz CT molecular complexity index is 828. The van der Waals surface area contributed by atoms with E-state index in [1.54, 1.807) is 23.9 Å². The van der Waals surface area contributed by atoms with Crippen molar-refractivity contribution in [1.29, 1.82) is 5.26 Å². The largest absolute Gasteiger partial charge is 0.457 e. The molecule has 2 aromatic carbocycles. The Kier molecular flexibility index (Phi) is 6.26. The summed E-state index contributed by atoms with van der Waals surface area (Å²) in [7, 11) is 0. The van der Waals surface area contributed by atoms with Crippen LogP contribution in [0, 0.1) is 17.1 Å². The number of nitrogens with zero attached hydrogens (tertiary/aromatic N) is 1. The minimum absolute atomic E-state index is 0.179. The second kappa shape index (κ2) is 8.84. The molecule has 1 aliphatic heterocycles. The first-order chi connectivity index (χ1) is 12.7. The minimum Gasteiger partial charge on any atom is -0.457 e. The molecular formula is C20H18FNO3S. The summed E-state index contributed by atoms with van der Waals surface area (Å²) in [6.07, 6.45) is 2.33. The van der Waals surface area contributed by atoms with E-state index in [0.29, 0.717) is 5.56 Å². The van der Waals surface area contributed by atoms with E-state index in [9.17, 15) is 9.18 Å². The van der Waals surface area contributed by atoms with Crippen LogP contribution >= 0.6 is 11.8 Å². The highest BCUT2D eigenvalue weighted by molar-refractivity contribution is 7.99. The van der Waals surface area contributed by atoms with Gasteiger partial charge in [0, 0.05) is 22.8 Å². The average molecular weight is 371 g/mol. The summed E-state index contributed by atoms with van der Waals surface area (Å²) < 4.78 is 24.8. The zero-order valence-corrected chi connectivity index (χ0v) is 14.9. The van der Waals surface area contributed by atoms with Crippen LogP contribution < -0.4 is 0 Å². The number of hydrogen-bond donors (Lipinski definition) is 0. The van der Waals surface area contributed by atoms with Gasteiger partial charge in [-0.1, -0.05) is 18.2 Å². The molecule has 0 spiro atoms. The van der Waals surface area contributed by atoms with Crippen LogP contribution in [0.3, 0.4) is 0 Å². The van der Waals surface area contributed by atoms with Gasteiger partial charge in [-0.05, 0) is 37.1 Å². The molecule has 0 bridgehead atoms. The number of rotatable bonds is 6. The zero-order chi connectivity index (χ0) is 18.4. The van der Waals surface area contributed by atoms with Gasteiger partial charge in [0.15, 0.2) is 0 Å². The molecule has 2 aromatic rings. The first kappa shape index (κ1) is 18.4. The van der Waals surface area contributed by atoms with Crippen molar-refractivity contribution in [3.63, 3.8) is 0 Å². The number of nitriles is 1. The standard InChI is InChI=1S/C20H18FNO3S/c21-18-10-14(11-22)7-8-15(18)12-25-20(23)17-5-1-2-6-19(17)26-13-16-4-3-9-24-16/h1-2,5-8,10,16H,3-4,9,12-13H2/t16-/m0/s1. The molecule has 26 heavy (non-hydrogen) atoms. The summed E-state index contributed by atoms with van der Waals surface area (Å²) in [5.74, 6) is -0.267. The Morgan fingerprint density at radius 3 is 2.92 bits per heavy atom. The van der Waals surface area contributed by atoms with E-state index in [1.165, 1.54) is 12.1 Å². The molecule has 1 saturated heterocycles. The summed E-state index contributed by atoms with van der Waals surface area (Å²) in [6.45, 7) is 0.617. The molecular weight excluding hydrogens is 353 g/mol. The molecule has 0 N–H and O–H groups in total. The molecule has 0 aliphatic carbocycles. The predicted molar refractivity (Wildman–Crippen MR) is 96.4 cm³/mol. The molecule has 0 unspecified atom stereocenters. The lowest BCUT2D eigenvalue weighted by molar-refractivity contribution is 0.0464. The van der Waals surface area contributed by atoms with Gasteiger partial charge in [-0.2, -0.15) is 5.26 Å². The van der Waals surface area contributed by atoms with Crippen LogP contribution in [0.2, 0.25) is 0 Å². The van der Waals surface area contributed by atoms with Crippen LogP contribution in [-0.2, 0) is 16.1 Å². The monoisotopic (exact) mass is 371 g/mol. The zero-order valence-electron chi connectivity index (χ0n) is 14.1. The summed E-state index contributed by atoms with van der Waals surface area (Å²) in [6, 6.07) is 13.2. The predicted octanol–water partition coefficient (Wildman–Crippen LogP) is 4.33. The Labute approximate surface area is 155 Å². The molecule has 3 rings (SSSR count). The van der Waals surface area contributed by atoms with Crippen molar-refractivity contribution < 1.29 is 18.7 Å². The van der Waals surface area contributed by atoms with Crippen molar-refractivity contribution in [3.8, 4) is 6.07 Å². The summed E-state index contributed by atoms with van der Waals surface area (Å²) >= 11 is 1.57. The topological polar surface area (TPSA) is 59.3 Å². The maximum Gasteiger partial charge on any atom is 0.339 e. The minimum atomic E-state index is -0.558. The molecule has 0 saturated carbocycles. The Morgan fingerprint density at radius 2 is 2.19 bits per heavy atom.